The monoisotopic (exact) mass is 391 g/mol. The number of anilines is 1. The summed E-state index contributed by atoms with van der Waals surface area (Å²) in [6.45, 7) is 3.54. The first kappa shape index (κ1) is 19.9. The van der Waals surface area contributed by atoms with Crippen molar-refractivity contribution in [1.29, 1.82) is 0 Å². The molecule has 0 aliphatic rings. The number of carbonyl (C=O) groups excluding carboxylic acids is 2. The number of rotatable bonds is 6. The number of aryl methyl sites for hydroxylation is 1. The van der Waals surface area contributed by atoms with Crippen molar-refractivity contribution in [2.45, 2.75) is 26.7 Å². The summed E-state index contributed by atoms with van der Waals surface area (Å²) in [6.07, 6.45) is 0.257. The van der Waals surface area contributed by atoms with E-state index in [0.717, 1.165) is 11.1 Å². The van der Waals surface area contributed by atoms with E-state index in [1.165, 1.54) is 0 Å². The van der Waals surface area contributed by atoms with Gasteiger partial charge in [-0.25, -0.2) is 5.43 Å². The fourth-order valence-electron chi connectivity index (χ4n) is 2.22. The minimum Gasteiger partial charge on any atom is -0.326 e. The molecule has 136 valence electrons. The summed E-state index contributed by atoms with van der Waals surface area (Å²) in [5.74, 6) is -0.482. The van der Waals surface area contributed by atoms with Gasteiger partial charge in [0.1, 0.15) is 0 Å². The van der Waals surface area contributed by atoms with Gasteiger partial charge in [-0.15, -0.1) is 0 Å². The van der Waals surface area contributed by atoms with Crippen LogP contribution in [0.1, 0.15) is 24.5 Å². The topological polar surface area (TPSA) is 70.6 Å². The maximum Gasteiger partial charge on any atom is 0.244 e. The van der Waals surface area contributed by atoms with E-state index < -0.39 is 0 Å². The molecule has 2 rings (SSSR count). The molecule has 7 heteroatoms. The second-order valence-corrected chi connectivity index (χ2v) is 6.74. The minimum atomic E-state index is -0.263. The zero-order valence-corrected chi connectivity index (χ0v) is 16.0. The Labute approximate surface area is 162 Å². The lowest BCUT2D eigenvalue weighted by molar-refractivity contribution is -0.120. The molecule has 0 atom stereocenters. The Bertz CT molecular complexity index is 833. The number of hydrogen-bond donors (Lipinski definition) is 2. The van der Waals surface area contributed by atoms with Gasteiger partial charge in [0.05, 0.1) is 12.8 Å². The van der Waals surface area contributed by atoms with E-state index >= 15 is 0 Å². The molecule has 26 heavy (non-hydrogen) atoms. The van der Waals surface area contributed by atoms with E-state index in [0.29, 0.717) is 21.4 Å². The average Bonchev–Trinajstić information content (AvgIpc) is 2.58. The van der Waals surface area contributed by atoms with E-state index in [4.69, 9.17) is 23.2 Å². The Morgan fingerprint density at radius 1 is 1.00 bits per heavy atom. The van der Waals surface area contributed by atoms with Crippen molar-refractivity contribution in [3.05, 3.63) is 63.6 Å². The summed E-state index contributed by atoms with van der Waals surface area (Å²) < 4.78 is 0. The van der Waals surface area contributed by atoms with Gasteiger partial charge in [-0.3, -0.25) is 9.59 Å². The number of hydrazone groups is 1. The van der Waals surface area contributed by atoms with Crippen molar-refractivity contribution in [3.63, 3.8) is 0 Å². The third-order valence-corrected chi connectivity index (χ3v) is 4.02. The summed E-state index contributed by atoms with van der Waals surface area (Å²) in [6, 6.07) is 12.2. The van der Waals surface area contributed by atoms with Crippen LogP contribution in [0.15, 0.2) is 47.6 Å². The van der Waals surface area contributed by atoms with Gasteiger partial charge in [0, 0.05) is 21.4 Å². The van der Waals surface area contributed by atoms with Gasteiger partial charge in [0.2, 0.25) is 11.8 Å². The molecule has 5 nitrogen and oxygen atoms in total. The van der Waals surface area contributed by atoms with Crippen LogP contribution in [-0.2, 0) is 16.0 Å². The SMILES string of the molecule is C/C(CC(=O)Nc1ccc(Cl)cc1C)=N\NC(=O)Cc1ccc(Cl)cc1. The first-order chi connectivity index (χ1) is 12.3. The minimum absolute atomic E-state index is 0.0727. The fraction of sp³-hybridized carbons (Fsp3) is 0.211. The van der Waals surface area contributed by atoms with Gasteiger partial charge in [-0.1, -0.05) is 35.3 Å². The largest absolute Gasteiger partial charge is 0.326 e. The Hall–Kier alpha value is -2.37. The lowest BCUT2D eigenvalue weighted by Gasteiger charge is -2.08. The maximum atomic E-state index is 12.1. The van der Waals surface area contributed by atoms with Gasteiger partial charge >= 0.3 is 0 Å². The van der Waals surface area contributed by atoms with E-state index in [9.17, 15) is 9.59 Å². The summed E-state index contributed by atoms with van der Waals surface area (Å²) in [4.78, 5) is 24.0. The molecule has 0 saturated carbocycles. The van der Waals surface area contributed by atoms with Crippen molar-refractivity contribution in [1.82, 2.24) is 5.43 Å². The second kappa shape index (κ2) is 9.36. The number of nitrogens with zero attached hydrogens (tertiary/aromatic N) is 1. The number of carbonyl (C=O) groups is 2. The third kappa shape index (κ3) is 6.50. The normalized spacial score (nSPS) is 11.2. The van der Waals surface area contributed by atoms with E-state index in [1.807, 2.05) is 6.92 Å². The molecule has 2 aromatic rings. The van der Waals surface area contributed by atoms with Crippen molar-refractivity contribution < 1.29 is 9.59 Å². The number of amides is 2. The number of hydrogen-bond acceptors (Lipinski definition) is 3. The van der Waals surface area contributed by atoms with Crippen LogP contribution in [0.25, 0.3) is 0 Å². The van der Waals surface area contributed by atoms with Gasteiger partial charge in [0.25, 0.3) is 0 Å². The molecule has 2 amide bonds. The van der Waals surface area contributed by atoms with Crippen LogP contribution >= 0.6 is 23.2 Å². The Morgan fingerprint density at radius 3 is 2.31 bits per heavy atom. The van der Waals surface area contributed by atoms with Crippen molar-refractivity contribution in [2.75, 3.05) is 5.32 Å². The standard InChI is InChI=1S/C19H19Cl2N3O2/c1-12-9-16(21)7-8-17(12)22-18(25)10-13(2)23-24-19(26)11-14-3-5-15(20)6-4-14/h3-9H,10-11H2,1-2H3,(H,22,25)(H,24,26)/b23-13+. The average molecular weight is 392 g/mol. The summed E-state index contributed by atoms with van der Waals surface area (Å²) in [5.41, 5.74) is 5.35. The third-order valence-electron chi connectivity index (χ3n) is 3.53. The van der Waals surface area contributed by atoms with Crippen molar-refractivity contribution in [3.8, 4) is 0 Å². The molecule has 0 bridgehead atoms. The molecule has 0 saturated heterocycles. The molecule has 0 fully saturated rings. The molecular formula is C19H19Cl2N3O2. The first-order valence-corrected chi connectivity index (χ1v) is 8.71. The van der Waals surface area contributed by atoms with Gasteiger partial charge in [-0.2, -0.15) is 5.10 Å². The van der Waals surface area contributed by atoms with Gasteiger partial charge in [0.15, 0.2) is 0 Å². The summed E-state index contributed by atoms with van der Waals surface area (Å²) in [7, 11) is 0. The number of halogens is 2. The number of nitrogens with one attached hydrogen (secondary N) is 2. The molecule has 0 spiro atoms. The number of benzene rings is 2. The fourth-order valence-corrected chi connectivity index (χ4v) is 2.57. The maximum absolute atomic E-state index is 12.1. The quantitative estimate of drug-likeness (QED) is 0.566. The molecular weight excluding hydrogens is 373 g/mol. The first-order valence-electron chi connectivity index (χ1n) is 7.96. The smallest absolute Gasteiger partial charge is 0.244 e. The van der Waals surface area contributed by atoms with Crippen LogP contribution in [0.2, 0.25) is 10.0 Å². The Balaban J connectivity index is 1.83. The molecule has 0 heterocycles. The predicted octanol–water partition coefficient (Wildman–Crippen LogP) is 4.37. The van der Waals surface area contributed by atoms with E-state index in [2.05, 4.69) is 15.8 Å². The predicted molar refractivity (Wildman–Crippen MR) is 106 cm³/mol. The van der Waals surface area contributed by atoms with Crippen LogP contribution in [0.3, 0.4) is 0 Å². The van der Waals surface area contributed by atoms with Crippen LogP contribution in [0, 0.1) is 6.92 Å². The molecule has 0 unspecified atom stereocenters. The summed E-state index contributed by atoms with van der Waals surface area (Å²) in [5, 5.41) is 7.99. The Morgan fingerprint density at radius 2 is 1.65 bits per heavy atom. The molecule has 0 aliphatic carbocycles. The van der Waals surface area contributed by atoms with Gasteiger partial charge in [-0.05, 0) is 55.3 Å². The highest BCUT2D eigenvalue weighted by Crippen LogP contribution is 2.19. The molecule has 2 N–H and O–H groups in total. The zero-order valence-electron chi connectivity index (χ0n) is 14.5. The summed E-state index contributed by atoms with van der Waals surface area (Å²) >= 11 is 11.7. The molecule has 0 aliphatic heterocycles. The van der Waals surface area contributed by atoms with Crippen LogP contribution < -0.4 is 10.7 Å². The molecule has 0 radical (unpaired) electrons. The molecule has 0 aromatic heterocycles. The van der Waals surface area contributed by atoms with E-state index in [-0.39, 0.29) is 24.7 Å². The van der Waals surface area contributed by atoms with Crippen molar-refractivity contribution >= 4 is 46.4 Å². The molecule has 2 aromatic carbocycles. The highest BCUT2D eigenvalue weighted by atomic mass is 35.5. The van der Waals surface area contributed by atoms with Crippen LogP contribution in [0.4, 0.5) is 5.69 Å². The van der Waals surface area contributed by atoms with Crippen LogP contribution in [-0.4, -0.2) is 17.5 Å². The zero-order chi connectivity index (χ0) is 19.1. The Kier molecular flexibility index (Phi) is 7.18. The lowest BCUT2D eigenvalue weighted by atomic mass is 10.1. The highest BCUT2D eigenvalue weighted by molar-refractivity contribution is 6.31. The van der Waals surface area contributed by atoms with Crippen molar-refractivity contribution in [2.24, 2.45) is 5.10 Å². The second-order valence-electron chi connectivity index (χ2n) is 5.87. The van der Waals surface area contributed by atoms with Gasteiger partial charge < -0.3 is 5.32 Å². The highest BCUT2D eigenvalue weighted by Gasteiger charge is 2.08. The van der Waals surface area contributed by atoms with Crippen LogP contribution in [0.5, 0.6) is 0 Å². The van der Waals surface area contributed by atoms with E-state index in [1.54, 1.807) is 49.4 Å². The lowest BCUT2D eigenvalue weighted by Crippen LogP contribution is -2.23.